The van der Waals surface area contributed by atoms with E-state index in [0.29, 0.717) is 6.04 Å². The first-order valence-corrected chi connectivity index (χ1v) is 3.67. The molecule has 2 nitrogen and oxygen atoms in total. The van der Waals surface area contributed by atoms with Crippen LogP contribution in [-0.2, 0) is 6.42 Å². The van der Waals surface area contributed by atoms with Gasteiger partial charge in [-0.25, -0.2) is 0 Å². The topological polar surface area (TPSA) is 25.2 Å². The molecular formula is C8H11NO. The van der Waals surface area contributed by atoms with Crippen LogP contribution in [0.15, 0.2) is 16.7 Å². The monoisotopic (exact) mass is 137 g/mol. The average Bonchev–Trinajstić information content (AvgIpc) is 2.36. The largest absolute Gasteiger partial charge is 0.467 e. The standard InChI is InChI=1S/C8H11NO/c1-6-8-7(2-4-9-6)3-5-10-8/h3,5-6,9H,2,4H2,1H3. The summed E-state index contributed by atoms with van der Waals surface area (Å²) in [5, 5.41) is 3.33. The van der Waals surface area contributed by atoms with E-state index in [1.54, 1.807) is 6.26 Å². The molecule has 1 aliphatic rings. The molecule has 2 rings (SSSR count). The second-order valence-corrected chi connectivity index (χ2v) is 2.74. The van der Waals surface area contributed by atoms with E-state index in [0.717, 1.165) is 18.7 Å². The minimum atomic E-state index is 0.402. The highest BCUT2D eigenvalue weighted by Gasteiger charge is 2.17. The molecule has 1 unspecified atom stereocenters. The van der Waals surface area contributed by atoms with Crippen molar-refractivity contribution in [1.82, 2.24) is 5.32 Å². The summed E-state index contributed by atoms with van der Waals surface area (Å²) >= 11 is 0. The Hall–Kier alpha value is -0.760. The van der Waals surface area contributed by atoms with Gasteiger partial charge in [-0.05, 0) is 31.5 Å². The van der Waals surface area contributed by atoms with Crippen LogP contribution in [0.2, 0.25) is 0 Å². The van der Waals surface area contributed by atoms with Crippen molar-refractivity contribution in [3.63, 3.8) is 0 Å². The van der Waals surface area contributed by atoms with Crippen LogP contribution in [-0.4, -0.2) is 6.54 Å². The number of nitrogens with one attached hydrogen (secondary N) is 1. The van der Waals surface area contributed by atoms with E-state index >= 15 is 0 Å². The van der Waals surface area contributed by atoms with Gasteiger partial charge in [-0.3, -0.25) is 0 Å². The molecular weight excluding hydrogens is 126 g/mol. The summed E-state index contributed by atoms with van der Waals surface area (Å²) in [4.78, 5) is 0. The van der Waals surface area contributed by atoms with Crippen LogP contribution in [0.5, 0.6) is 0 Å². The maximum absolute atomic E-state index is 5.31. The predicted octanol–water partition coefficient (Wildman–Crippen LogP) is 1.49. The highest BCUT2D eigenvalue weighted by atomic mass is 16.3. The molecule has 1 aliphatic heterocycles. The molecule has 0 aliphatic carbocycles. The van der Waals surface area contributed by atoms with Crippen LogP contribution in [0, 0.1) is 0 Å². The first kappa shape index (κ1) is 5.98. The van der Waals surface area contributed by atoms with Crippen molar-refractivity contribution in [2.45, 2.75) is 19.4 Å². The molecule has 1 N–H and O–H groups in total. The zero-order chi connectivity index (χ0) is 6.97. The molecule has 0 bridgehead atoms. The summed E-state index contributed by atoms with van der Waals surface area (Å²) in [7, 11) is 0. The van der Waals surface area contributed by atoms with Crippen molar-refractivity contribution >= 4 is 0 Å². The van der Waals surface area contributed by atoms with Gasteiger partial charge in [0.2, 0.25) is 0 Å². The summed E-state index contributed by atoms with van der Waals surface area (Å²) in [5.41, 5.74) is 1.37. The van der Waals surface area contributed by atoms with E-state index in [4.69, 9.17) is 4.42 Å². The van der Waals surface area contributed by atoms with Gasteiger partial charge in [0.05, 0.1) is 12.3 Å². The van der Waals surface area contributed by atoms with E-state index in [-0.39, 0.29) is 0 Å². The number of hydrogen-bond donors (Lipinski definition) is 1. The Morgan fingerprint density at radius 1 is 1.70 bits per heavy atom. The van der Waals surface area contributed by atoms with Crippen LogP contribution < -0.4 is 5.32 Å². The Labute approximate surface area is 60.2 Å². The number of furan rings is 1. The molecule has 0 spiro atoms. The number of rotatable bonds is 0. The van der Waals surface area contributed by atoms with Gasteiger partial charge in [0.1, 0.15) is 5.76 Å². The maximum atomic E-state index is 5.31. The molecule has 1 aromatic rings. The fourth-order valence-electron chi connectivity index (χ4n) is 1.45. The van der Waals surface area contributed by atoms with Crippen LogP contribution in [0.25, 0.3) is 0 Å². The molecule has 2 heterocycles. The SMILES string of the molecule is CC1NCCc2ccoc21. The Morgan fingerprint density at radius 3 is 3.40 bits per heavy atom. The van der Waals surface area contributed by atoms with E-state index in [1.807, 2.05) is 0 Å². The Balaban J connectivity index is 2.41. The van der Waals surface area contributed by atoms with Gasteiger partial charge in [-0.2, -0.15) is 0 Å². The van der Waals surface area contributed by atoms with Crippen LogP contribution in [0.4, 0.5) is 0 Å². The molecule has 1 atom stereocenters. The van der Waals surface area contributed by atoms with Crippen molar-refractivity contribution in [3.8, 4) is 0 Å². The minimum Gasteiger partial charge on any atom is -0.467 e. The van der Waals surface area contributed by atoms with Crippen LogP contribution in [0.1, 0.15) is 24.3 Å². The molecule has 0 amide bonds. The van der Waals surface area contributed by atoms with E-state index < -0.39 is 0 Å². The van der Waals surface area contributed by atoms with E-state index in [9.17, 15) is 0 Å². The van der Waals surface area contributed by atoms with Crippen LogP contribution >= 0.6 is 0 Å². The van der Waals surface area contributed by atoms with Gasteiger partial charge in [-0.1, -0.05) is 0 Å². The average molecular weight is 137 g/mol. The highest BCUT2D eigenvalue weighted by molar-refractivity contribution is 5.22. The first-order valence-electron chi connectivity index (χ1n) is 3.67. The first-order chi connectivity index (χ1) is 4.88. The van der Waals surface area contributed by atoms with Crippen molar-refractivity contribution in [1.29, 1.82) is 0 Å². The number of hydrogen-bond acceptors (Lipinski definition) is 2. The minimum absolute atomic E-state index is 0.402. The summed E-state index contributed by atoms with van der Waals surface area (Å²) < 4.78 is 5.31. The molecule has 2 heteroatoms. The van der Waals surface area contributed by atoms with Gasteiger partial charge in [0, 0.05) is 0 Å². The van der Waals surface area contributed by atoms with Gasteiger partial charge in [0.15, 0.2) is 0 Å². The quantitative estimate of drug-likeness (QED) is 0.586. The molecule has 54 valence electrons. The van der Waals surface area contributed by atoms with E-state index in [2.05, 4.69) is 18.3 Å². The number of fused-ring (bicyclic) bond motifs is 1. The predicted molar refractivity (Wildman–Crippen MR) is 38.8 cm³/mol. The third-order valence-electron chi connectivity index (χ3n) is 2.02. The molecule has 0 saturated carbocycles. The third-order valence-corrected chi connectivity index (χ3v) is 2.02. The smallest absolute Gasteiger partial charge is 0.123 e. The molecule has 10 heavy (non-hydrogen) atoms. The lowest BCUT2D eigenvalue weighted by atomic mass is 10.1. The summed E-state index contributed by atoms with van der Waals surface area (Å²) in [6, 6.07) is 2.46. The van der Waals surface area contributed by atoms with Crippen molar-refractivity contribution in [2.24, 2.45) is 0 Å². The fourth-order valence-corrected chi connectivity index (χ4v) is 1.45. The Bertz CT molecular complexity index is 229. The Kier molecular flexibility index (Phi) is 1.27. The van der Waals surface area contributed by atoms with Crippen molar-refractivity contribution in [2.75, 3.05) is 6.54 Å². The van der Waals surface area contributed by atoms with Gasteiger partial charge in [0.25, 0.3) is 0 Å². The zero-order valence-corrected chi connectivity index (χ0v) is 6.05. The highest BCUT2D eigenvalue weighted by Crippen LogP contribution is 2.22. The van der Waals surface area contributed by atoms with Crippen LogP contribution in [0.3, 0.4) is 0 Å². The van der Waals surface area contributed by atoms with Crippen molar-refractivity contribution in [3.05, 3.63) is 23.7 Å². The van der Waals surface area contributed by atoms with Gasteiger partial charge < -0.3 is 9.73 Å². The van der Waals surface area contributed by atoms with Crippen molar-refractivity contribution < 1.29 is 4.42 Å². The van der Waals surface area contributed by atoms with Gasteiger partial charge in [-0.15, -0.1) is 0 Å². The molecule has 0 saturated heterocycles. The lowest BCUT2D eigenvalue weighted by molar-refractivity contribution is 0.409. The fraction of sp³-hybridized carbons (Fsp3) is 0.500. The summed E-state index contributed by atoms with van der Waals surface area (Å²) in [6.07, 6.45) is 2.88. The molecule has 0 aromatic carbocycles. The zero-order valence-electron chi connectivity index (χ0n) is 6.05. The summed E-state index contributed by atoms with van der Waals surface area (Å²) in [6.45, 7) is 3.20. The maximum Gasteiger partial charge on any atom is 0.123 e. The molecule has 1 aromatic heterocycles. The Morgan fingerprint density at radius 2 is 2.60 bits per heavy atom. The normalized spacial score (nSPS) is 24.3. The van der Waals surface area contributed by atoms with Gasteiger partial charge >= 0.3 is 0 Å². The lowest BCUT2D eigenvalue weighted by Gasteiger charge is -2.18. The molecule has 0 fully saturated rings. The second kappa shape index (κ2) is 2.13. The lowest BCUT2D eigenvalue weighted by Crippen LogP contribution is -2.26. The van der Waals surface area contributed by atoms with E-state index in [1.165, 1.54) is 5.56 Å². The summed E-state index contributed by atoms with van der Waals surface area (Å²) in [5.74, 6) is 1.12. The molecule has 0 radical (unpaired) electrons. The second-order valence-electron chi connectivity index (χ2n) is 2.74. The third kappa shape index (κ3) is 0.762.